The first-order chi connectivity index (χ1) is 13.0. The first-order valence-corrected chi connectivity index (χ1v) is 8.34. The van der Waals surface area contributed by atoms with Crippen LogP contribution < -0.4 is 9.47 Å². The van der Waals surface area contributed by atoms with Gasteiger partial charge in [0.05, 0.1) is 6.61 Å². The summed E-state index contributed by atoms with van der Waals surface area (Å²) < 4.78 is 46.0. The van der Waals surface area contributed by atoms with Crippen LogP contribution >= 0.6 is 0 Å². The molecule has 140 valence electrons. The molecule has 2 aromatic heterocycles. The summed E-state index contributed by atoms with van der Waals surface area (Å²) in [4.78, 5) is 8.48. The van der Waals surface area contributed by atoms with Gasteiger partial charge in [-0.25, -0.2) is 4.98 Å². The summed E-state index contributed by atoms with van der Waals surface area (Å²) >= 11 is 0. The molecule has 4 nitrogen and oxygen atoms in total. The van der Waals surface area contributed by atoms with Crippen molar-refractivity contribution < 1.29 is 22.6 Å². The third-order valence-corrected chi connectivity index (χ3v) is 3.71. The molecule has 0 amide bonds. The first-order valence-electron chi connectivity index (χ1n) is 8.34. The molecule has 0 N–H and O–H groups in total. The van der Waals surface area contributed by atoms with Crippen molar-refractivity contribution in [1.82, 2.24) is 9.97 Å². The average molecular weight is 374 g/mol. The van der Waals surface area contributed by atoms with E-state index >= 15 is 0 Å². The lowest BCUT2D eigenvalue weighted by molar-refractivity contribution is -0.274. The van der Waals surface area contributed by atoms with E-state index in [0.717, 1.165) is 29.7 Å². The maximum Gasteiger partial charge on any atom is 0.573 e. The highest BCUT2D eigenvalue weighted by molar-refractivity contribution is 5.63. The highest BCUT2D eigenvalue weighted by atomic mass is 19.4. The highest BCUT2D eigenvalue weighted by Gasteiger charge is 2.30. The average Bonchev–Trinajstić information content (AvgIpc) is 2.66. The fourth-order valence-electron chi connectivity index (χ4n) is 2.46. The van der Waals surface area contributed by atoms with Crippen molar-refractivity contribution in [3.05, 3.63) is 72.7 Å². The molecular weight excluding hydrogens is 357 g/mol. The number of benzene rings is 1. The van der Waals surface area contributed by atoms with E-state index in [-0.39, 0.29) is 5.75 Å². The molecule has 0 fully saturated rings. The zero-order chi connectivity index (χ0) is 19.1. The molecule has 7 heteroatoms. The molecule has 0 bridgehead atoms. The van der Waals surface area contributed by atoms with Crippen molar-refractivity contribution in [2.24, 2.45) is 0 Å². The van der Waals surface area contributed by atoms with Gasteiger partial charge in [-0.05, 0) is 48.7 Å². The Kier molecular flexibility index (Phi) is 5.90. The van der Waals surface area contributed by atoms with Crippen LogP contribution in [0.1, 0.15) is 12.1 Å². The fourth-order valence-corrected chi connectivity index (χ4v) is 2.46. The second kappa shape index (κ2) is 8.53. The molecule has 0 unspecified atom stereocenters. The van der Waals surface area contributed by atoms with Crippen LogP contribution in [0.3, 0.4) is 0 Å². The van der Waals surface area contributed by atoms with Crippen LogP contribution in [0.2, 0.25) is 0 Å². The van der Waals surface area contributed by atoms with Crippen molar-refractivity contribution in [1.29, 1.82) is 0 Å². The maximum absolute atomic E-state index is 12.2. The Balaban J connectivity index is 1.51. The molecule has 3 rings (SSSR count). The summed E-state index contributed by atoms with van der Waals surface area (Å²) in [6.07, 6.45) is 0.330. The number of pyridine rings is 2. The van der Waals surface area contributed by atoms with Gasteiger partial charge >= 0.3 is 6.36 Å². The Bertz CT molecular complexity index is 836. The van der Waals surface area contributed by atoms with Crippen LogP contribution in [0.15, 0.2) is 67.0 Å². The zero-order valence-corrected chi connectivity index (χ0v) is 14.3. The first kappa shape index (κ1) is 18.7. The van der Waals surface area contributed by atoms with Crippen LogP contribution in [-0.4, -0.2) is 22.9 Å². The molecule has 3 aromatic rings. The van der Waals surface area contributed by atoms with Gasteiger partial charge < -0.3 is 9.47 Å². The topological polar surface area (TPSA) is 44.2 Å². The predicted octanol–water partition coefficient (Wildman–Crippen LogP) is 5.05. The molecule has 1 aromatic carbocycles. The van der Waals surface area contributed by atoms with E-state index in [9.17, 15) is 13.2 Å². The molecule has 0 aliphatic carbocycles. The van der Waals surface area contributed by atoms with Crippen LogP contribution in [-0.2, 0) is 6.42 Å². The largest absolute Gasteiger partial charge is 0.573 e. The third-order valence-electron chi connectivity index (χ3n) is 3.71. The van der Waals surface area contributed by atoms with Crippen LogP contribution in [0, 0.1) is 0 Å². The molecule has 2 heterocycles. The van der Waals surface area contributed by atoms with Gasteiger partial charge in [0, 0.05) is 29.7 Å². The fraction of sp³-hybridized carbons (Fsp3) is 0.200. The zero-order valence-electron chi connectivity index (χ0n) is 14.3. The summed E-state index contributed by atoms with van der Waals surface area (Å²) in [5, 5.41) is 0. The Labute approximate surface area is 154 Å². The lowest BCUT2D eigenvalue weighted by Crippen LogP contribution is -2.16. The molecule has 0 aliphatic heterocycles. The van der Waals surface area contributed by atoms with Gasteiger partial charge in [-0.15, -0.1) is 13.2 Å². The van der Waals surface area contributed by atoms with Gasteiger partial charge in [0.25, 0.3) is 0 Å². The summed E-state index contributed by atoms with van der Waals surface area (Å²) in [5.74, 6) is 0.240. The molecule has 0 spiro atoms. The SMILES string of the molecule is FC(F)(F)Oc1ccc(-c2ccc(OCCCc3ccccn3)nc2)cc1. The lowest BCUT2D eigenvalue weighted by Gasteiger charge is -2.09. The van der Waals surface area contributed by atoms with E-state index < -0.39 is 6.36 Å². The Morgan fingerprint density at radius 3 is 2.26 bits per heavy atom. The number of hydrogen-bond acceptors (Lipinski definition) is 4. The molecule has 0 saturated heterocycles. The minimum absolute atomic E-state index is 0.257. The number of hydrogen-bond donors (Lipinski definition) is 0. The van der Waals surface area contributed by atoms with Crippen molar-refractivity contribution in [3.63, 3.8) is 0 Å². The number of rotatable bonds is 7. The summed E-state index contributed by atoms with van der Waals surface area (Å²) in [7, 11) is 0. The van der Waals surface area contributed by atoms with Crippen LogP contribution in [0.5, 0.6) is 11.6 Å². The van der Waals surface area contributed by atoms with Gasteiger partial charge in [-0.1, -0.05) is 18.2 Å². The summed E-state index contributed by atoms with van der Waals surface area (Å²) in [6.45, 7) is 0.520. The smallest absolute Gasteiger partial charge is 0.478 e. The standard InChI is InChI=1S/C20H17F3N2O2/c21-20(22,23)27-18-9-6-15(7-10-18)16-8-11-19(25-14-16)26-13-3-5-17-4-1-2-12-24-17/h1-2,4,6-12,14H,3,5,13H2. The van der Waals surface area contributed by atoms with Gasteiger partial charge in [0.1, 0.15) is 5.75 Å². The molecule has 0 radical (unpaired) electrons. The van der Waals surface area contributed by atoms with Gasteiger partial charge in [-0.2, -0.15) is 0 Å². The summed E-state index contributed by atoms with van der Waals surface area (Å²) in [5.41, 5.74) is 2.52. The van der Waals surface area contributed by atoms with Gasteiger partial charge in [-0.3, -0.25) is 4.98 Å². The minimum Gasteiger partial charge on any atom is -0.478 e. The number of halogens is 3. The summed E-state index contributed by atoms with van der Waals surface area (Å²) in [6, 6.07) is 15.0. The Morgan fingerprint density at radius 2 is 1.63 bits per heavy atom. The normalized spacial score (nSPS) is 11.2. The number of ether oxygens (including phenoxy) is 2. The van der Waals surface area contributed by atoms with Crippen LogP contribution in [0.25, 0.3) is 11.1 Å². The highest BCUT2D eigenvalue weighted by Crippen LogP contribution is 2.26. The Hall–Kier alpha value is -3.09. The van der Waals surface area contributed by atoms with Crippen molar-refractivity contribution in [2.75, 3.05) is 6.61 Å². The number of alkyl halides is 3. The van der Waals surface area contributed by atoms with Crippen molar-refractivity contribution in [2.45, 2.75) is 19.2 Å². The molecule has 0 saturated carbocycles. The van der Waals surface area contributed by atoms with E-state index in [1.54, 1.807) is 36.7 Å². The van der Waals surface area contributed by atoms with Crippen molar-refractivity contribution in [3.8, 4) is 22.8 Å². The second-order valence-electron chi connectivity index (χ2n) is 5.73. The van der Waals surface area contributed by atoms with E-state index in [0.29, 0.717) is 12.5 Å². The molecule has 27 heavy (non-hydrogen) atoms. The molecule has 0 aliphatic rings. The van der Waals surface area contributed by atoms with E-state index in [4.69, 9.17) is 4.74 Å². The minimum atomic E-state index is -4.70. The second-order valence-corrected chi connectivity index (χ2v) is 5.73. The third kappa shape index (κ3) is 5.99. The van der Waals surface area contributed by atoms with Crippen LogP contribution in [0.4, 0.5) is 13.2 Å². The number of aromatic nitrogens is 2. The maximum atomic E-state index is 12.2. The quantitative estimate of drug-likeness (QED) is 0.543. The Morgan fingerprint density at radius 1 is 0.852 bits per heavy atom. The number of aryl methyl sites for hydroxylation is 1. The van der Waals surface area contributed by atoms with E-state index in [1.165, 1.54) is 12.1 Å². The van der Waals surface area contributed by atoms with Gasteiger partial charge in [0.2, 0.25) is 5.88 Å². The van der Waals surface area contributed by atoms with E-state index in [1.807, 2.05) is 18.2 Å². The molecule has 0 atom stereocenters. The molecular formula is C20H17F3N2O2. The predicted molar refractivity (Wildman–Crippen MR) is 94.4 cm³/mol. The monoisotopic (exact) mass is 374 g/mol. The lowest BCUT2D eigenvalue weighted by atomic mass is 10.1. The van der Waals surface area contributed by atoms with E-state index in [2.05, 4.69) is 14.7 Å². The van der Waals surface area contributed by atoms with Crippen molar-refractivity contribution >= 4 is 0 Å². The number of nitrogens with zero attached hydrogens (tertiary/aromatic N) is 2. The van der Waals surface area contributed by atoms with Gasteiger partial charge in [0.15, 0.2) is 0 Å².